The van der Waals surface area contributed by atoms with Crippen molar-refractivity contribution in [3.05, 3.63) is 30.3 Å². The number of carbonyl (C=O) groups is 1. The number of benzene rings is 1. The number of para-hydroxylation sites is 1. The first kappa shape index (κ1) is 22.4. The molecule has 1 heterocycles. The van der Waals surface area contributed by atoms with Gasteiger partial charge in [0, 0.05) is 0 Å². The maximum Gasteiger partial charge on any atom is 0.516 e. The van der Waals surface area contributed by atoms with Gasteiger partial charge in [0.05, 0.1) is 20.3 Å². The molecule has 2 rings (SSSR count). The van der Waals surface area contributed by atoms with E-state index >= 15 is 0 Å². The molecular weight excluding hydrogens is 403 g/mol. The molecule has 12 heteroatoms. The van der Waals surface area contributed by atoms with Crippen molar-refractivity contribution in [2.75, 3.05) is 14.2 Å². The molecule has 1 N–H and O–H groups in total. The average Bonchev–Trinajstić information content (AvgIpc) is 2.67. The van der Waals surface area contributed by atoms with Crippen LogP contribution in [0.4, 0.5) is 0 Å². The van der Waals surface area contributed by atoms with E-state index in [1.54, 1.807) is 44.2 Å². The fraction of sp³-hybridized carbons (Fsp3) is 0.412. The highest BCUT2D eigenvalue weighted by molar-refractivity contribution is 7.52. The molecule has 0 aliphatic rings. The zero-order chi connectivity index (χ0) is 21.4. The van der Waals surface area contributed by atoms with Crippen molar-refractivity contribution in [2.45, 2.75) is 32.9 Å². The van der Waals surface area contributed by atoms with E-state index in [0.717, 1.165) is 0 Å². The van der Waals surface area contributed by atoms with Crippen LogP contribution < -0.4 is 23.6 Å². The second-order valence-electron chi connectivity index (χ2n) is 5.92. The lowest BCUT2D eigenvalue weighted by Crippen LogP contribution is -2.37. The lowest BCUT2D eigenvalue weighted by molar-refractivity contribution is -0.149. The van der Waals surface area contributed by atoms with E-state index in [0.29, 0.717) is 0 Å². The first-order valence-electron chi connectivity index (χ1n) is 8.61. The molecule has 0 saturated carbocycles. The van der Waals surface area contributed by atoms with Crippen LogP contribution in [0.3, 0.4) is 0 Å². The Morgan fingerprint density at radius 2 is 1.48 bits per heavy atom. The lowest BCUT2D eigenvalue weighted by atomic mass is 10.3. The molecule has 29 heavy (non-hydrogen) atoms. The molecule has 11 nitrogen and oxygen atoms in total. The number of ether oxygens (including phenoxy) is 3. The fourth-order valence-electron chi connectivity index (χ4n) is 1.97. The predicted molar refractivity (Wildman–Crippen MR) is 102 cm³/mol. The lowest BCUT2D eigenvalue weighted by Gasteiger charge is -2.22. The van der Waals surface area contributed by atoms with Gasteiger partial charge in [0.2, 0.25) is 0 Å². The van der Waals surface area contributed by atoms with Gasteiger partial charge in [0.1, 0.15) is 11.8 Å². The van der Waals surface area contributed by atoms with Crippen molar-refractivity contribution in [2.24, 2.45) is 0 Å². The zero-order valence-corrected chi connectivity index (χ0v) is 17.6. The Morgan fingerprint density at radius 1 is 0.931 bits per heavy atom. The number of rotatable bonds is 10. The minimum Gasteiger partial charge on any atom is -0.467 e. The summed E-state index contributed by atoms with van der Waals surface area (Å²) in [6, 6.07) is 6.64. The van der Waals surface area contributed by atoms with Gasteiger partial charge in [0.15, 0.2) is 0 Å². The van der Waals surface area contributed by atoms with Crippen molar-refractivity contribution in [1.29, 1.82) is 0 Å². The van der Waals surface area contributed by atoms with Crippen LogP contribution >= 0.6 is 7.75 Å². The van der Waals surface area contributed by atoms with Gasteiger partial charge in [-0.2, -0.15) is 5.09 Å². The summed E-state index contributed by atoms with van der Waals surface area (Å²) in [5.74, 6) is -0.396. The number of hydrogen-bond donors (Lipinski definition) is 1. The van der Waals surface area contributed by atoms with Gasteiger partial charge < -0.3 is 23.3 Å². The molecule has 0 unspecified atom stereocenters. The molecule has 0 amide bonds. The molecule has 0 saturated heterocycles. The third-order valence-corrected chi connectivity index (χ3v) is 4.73. The zero-order valence-electron chi connectivity index (χ0n) is 16.7. The summed E-state index contributed by atoms with van der Waals surface area (Å²) in [5.41, 5.74) is 0. The standard InChI is InChI=1S/C17H23N4O7P/c1-11(2)26-14(22)12(3)21-29(23,27-13-9-7-6-8-10-13)28-17-19-15(24-4)18-16(20-17)25-5/h6-12H,1-5H3,(H,21,23)/t12-,29-/m0/s1. The van der Waals surface area contributed by atoms with Gasteiger partial charge in [-0.15, -0.1) is 15.0 Å². The van der Waals surface area contributed by atoms with Crippen LogP contribution in [0, 0.1) is 0 Å². The molecule has 0 aliphatic heterocycles. The van der Waals surface area contributed by atoms with Crippen molar-refractivity contribution in [3.63, 3.8) is 0 Å². The van der Waals surface area contributed by atoms with E-state index in [1.807, 2.05) is 0 Å². The van der Waals surface area contributed by atoms with Crippen LogP contribution in [0.5, 0.6) is 23.8 Å². The number of carbonyl (C=O) groups excluding carboxylic acids is 1. The quantitative estimate of drug-likeness (QED) is 0.444. The van der Waals surface area contributed by atoms with Gasteiger partial charge in [-0.25, -0.2) is 4.57 Å². The summed E-state index contributed by atoms with van der Waals surface area (Å²) in [5, 5.41) is 2.52. The Bertz CT molecular complexity index is 844. The third kappa shape index (κ3) is 6.88. The van der Waals surface area contributed by atoms with Crippen LogP contribution in [-0.4, -0.2) is 47.3 Å². The molecule has 2 aromatic rings. The summed E-state index contributed by atoms with van der Waals surface area (Å²) in [6.45, 7) is 4.86. The Hall–Kier alpha value is -2.91. The van der Waals surface area contributed by atoms with E-state index in [1.165, 1.54) is 21.1 Å². The first-order chi connectivity index (χ1) is 13.7. The topological polar surface area (TPSA) is 131 Å². The first-order valence-corrected chi connectivity index (χ1v) is 10.2. The number of methoxy groups -OCH3 is 2. The summed E-state index contributed by atoms with van der Waals surface area (Å²) in [7, 11) is -1.52. The molecule has 1 aromatic heterocycles. The number of nitrogens with zero attached hydrogens (tertiary/aromatic N) is 3. The van der Waals surface area contributed by atoms with Crippen molar-refractivity contribution < 1.29 is 32.6 Å². The predicted octanol–water partition coefficient (Wildman–Crippen LogP) is 2.38. The number of aromatic nitrogens is 3. The number of esters is 1. The Morgan fingerprint density at radius 3 is 2.00 bits per heavy atom. The van der Waals surface area contributed by atoms with Gasteiger partial charge in [-0.05, 0) is 32.9 Å². The Kier molecular flexibility index (Phi) is 7.74. The van der Waals surface area contributed by atoms with E-state index < -0.39 is 19.8 Å². The second-order valence-corrected chi connectivity index (χ2v) is 7.54. The SMILES string of the molecule is COc1nc(OC)nc(O[P@](=O)(N[C@@H](C)C(=O)OC(C)C)Oc2ccccc2)n1. The van der Waals surface area contributed by atoms with E-state index in [2.05, 4.69) is 20.0 Å². The second kappa shape index (κ2) is 10.0. The Labute approximate surface area is 168 Å². The van der Waals surface area contributed by atoms with Crippen LogP contribution in [0.25, 0.3) is 0 Å². The highest BCUT2D eigenvalue weighted by Crippen LogP contribution is 2.44. The van der Waals surface area contributed by atoms with Crippen molar-refractivity contribution >= 4 is 13.7 Å². The van der Waals surface area contributed by atoms with Crippen LogP contribution in [0.1, 0.15) is 20.8 Å². The summed E-state index contributed by atoms with van der Waals surface area (Å²) in [4.78, 5) is 23.7. The van der Waals surface area contributed by atoms with Crippen molar-refractivity contribution in [3.8, 4) is 23.8 Å². The fourth-order valence-corrected chi connectivity index (χ4v) is 3.39. The van der Waals surface area contributed by atoms with Gasteiger partial charge >= 0.3 is 31.7 Å². The number of nitrogens with one attached hydrogen (secondary N) is 1. The highest BCUT2D eigenvalue weighted by Gasteiger charge is 2.35. The smallest absolute Gasteiger partial charge is 0.467 e. The molecule has 0 fully saturated rings. The number of hydrogen-bond acceptors (Lipinski definition) is 10. The minimum absolute atomic E-state index is 0.120. The van der Waals surface area contributed by atoms with Gasteiger partial charge in [-0.3, -0.25) is 4.79 Å². The molecule has 0 radical (unpaired) electrons. The highest BCUT2D eigenvalue weighted by atomic mass is 31.2. The van der Waals surface area contributed by atoms with Gasteiger partial charge in [-0.1, -0.05) is 18.2 Å². The summed E-state index contributed by atoms with van der Waals surface area (Å²) in [6.07, 6.45) is -0.348. The summed E-state index contributed by atoms with van der Waals surface area (Å²) >= 11 is 0. The maximum absolute atomic E-state index is 13.4. The summed E-state index contributed by atoms with van der Waals surface area (Å²) < 4.78 is 39.3. The van der Waals surface area contributed by atoms with Crippen LogP contribution in [0.15, 0.2) is 30.3 Å². The van der Waals surface area contributed by atoms with Crippen LogP contribution in [-0.2, 0) is 14.1 Å². The average molecular weight is 426 g/mol. The molecule has 0 aliphatic carbocycles. The molecule has 2 atom stereocenters. The van der Waals surface area contributed by atoms with Crippen LogP contribution in [0.2, 0.25) is 0 Å². The molecule has 158 valence electrons. The monoisotopic (exact) mass is 426 g/mol. The van der Waals surface area contributed by atoms with Gasteiger partial charge in [0.25, 0.3) is 0 Å². The van der Waals surface area contributed by atoms with E-state index in [-0.39, 0.29) is 29.9 Å². The van der Waals surface area contributed by atoms with E-state index in [9.17, 15) is 9.36 Å². The molecule has 0 bridgehead atoms. The Balaban J connectivity index is 2.31. The normalized spacial score (nSPS) is 13.9. The third-order valence-electron chi connectivity index (χ3n) is 3.17. The van der Waals surface area contributed by atoms with E-state index in [4.69, 9.17) is 23.3 Å². The van der Waals surface area contributed by atoms with Crippen molar-refractivity contribution in [1.82, 2.24) is 20.0 Å². The molecule has 1 aromatic carbocycles. The molecule has 0 spiro atoms. The molecular formula is C17H23N4O7P. The largest absolute Gasteiger partial charge is 0.516 e. The maximum atomic E-state index is 13.4. The minimum atomic E-state index is -4.19.